The Balaban J connectivity index is 1.90. The third-order valence-corrected chi connectivity index (χ3v) is 7.69. The molecule has 0 saturated carbocycles. The summed E-state index contributed by atoms with van der Waals surface area (Å²) in [6.45, 7) is 3.16. The molecule has 0 radical (unpaired) electrons. The number of carbonyl (C=O) groups excluding carboxylic acids is 1. The summed E-state index contributed by atoms with van der Waals surface area (Å²) in [6, 6.07) is 4.84. The number of hydrogen-bond acceptors (Lipinski definition) is 5. The minimum atomic E-state index is -4.15. The highest BCUT2D eigenvalue weighted by Gasteiger charge is 2.39. The zero-order valence-corrected chi connectivity index (χ0v) is 15.6. The van der Waals surface area contributed by atoms with Gasteiger partial charge in [-0.1, -0.05) is 26.0 Å². The van der Waals surface area contributed by atoms with Gasteiger partial charge in [-0.2, -0.15) is 0 Å². The SMILES string of the molecule is CC(C)CS(=O)(=O)C1CN(C(=O)CNS(=O)(=O)c2ccccc2F)C1. The molecule has 2 rings (SSSR count). The highest BCUT2D eigenvalue weighted by atomic mass is 32.2. The van der Waals surface area contributed by atoms with E-state index in [4.69, 9.17) is 0 Å². The Morgan fingerprint density at radius 2 is 1.84 bits per heavy atom. The largest absolute Gasteiger partial charge is 0.339 e. The molecule has 7 nitrogen and oxygen atoms in total. The van der Waals surface area contributed by atoms with Gasteiger partial charge in [0, 0.05) is 13.1 Å². The molecule has 1 aliphatic heterocycles. The molecule has 0 spiro atoms. The summed E-state index contributed by atoms with van der Waals surface area (Å²) >= 11 is 0. The number of nitrogens with one attached hydrogen (secondary N) is 1. The number of rotatable bonds is 7. The molecule has 140 valence electrons. The number of hydrogen-bond donors (Lipinski definition) is 1. The second-order valence-corrected chi connectivity index (χ2v) is 10.5. The van der Waals surface area contributed by atoms with Gasteiger partial charge in [0.2, 0.25) is 15.9 Å². The van der Waals surface area contributed by atoms with Gasteiger partial charge in [-0.15, -0.1) is 0 Å². The van der Waals surface area contributed by atoms with Gasteiger partial charge in [-0.25, -0.2) is 25.9 Å². The van der Waals surface area contributed by atoms with Gasteiger partial charge in [0.1, 0.15) is 10.7 Å². The van der Waals surface area contributed by atoms with Crippen molar-refractivity contribution in [3.8, 4) is 0 Å². The maximum absolute atomic E-state index is 13.6. The van der Waals surface area contributed by atoms with Crippen LogP contribution in [0.1, 0.15) is 13.8 Å². The molecule has 1 N–H and O–H groups in total. The van der Waals surface area contributed by atoms with Crippen molar-refractivity contribution in [3.05, 3.63) is 30.1 Å². The lowest BCUT2D eigenvalue weighted by molar-refractivity contribution is -0.133. The Hall–Kier alpha value is -1.52. The maximum atomic E-state index is 13.6. The van der Waals surface area contributed by atoms with Gasteiger partial charge in [0.05, 0.1) is 17.5 Å². The van der Waals surface area contributed by atoms with E-state index >= 15 is 0 Å². The van der Waals surface area contributed by atoms with Gasteiger partial charge in [0.25, 0.3) is 0 Å². The zero-order chi connectivity index (χ0) is 18.8. The quantitative estimate of drug-likeness (QED) is 0.723. The van der Waals surface area contributed by atoms with Crippen LogP contribution in [0.25, 0.3) is 0 Å². The van der Waals surface area contributed by atoms with Crippen LogP contribution in [0.5, 0.6) is 0 Å². The van der Waals surface area contributed by atoms with Crippen molar-refractivity contribution >= 4 is 25.8 Å². The lowest BCUT2D eigenvalue weighted by Crippen LogP contribution is -2.59. The molecule has 1 saturated heterocycles. The molecule has 1 aliphatic rings. The van der Waals surface area contributed by atoms with Crippen molar-refractivity contribution in [1.29, 1.82) is 0 Å². The molecule has 25 heavy (non-hydrogen) atoms. The van der Waals surface area contributed by atoms with E-state index in [1.54, 1.807) is 13.8 Å². The zero-order valence-electron chi connectivity index (χ0n) is 14.0. The van der Waals surface area contributed by atoms with Gasteiger partial charge in [-0.3, -0.25) is 4.79 Å². The Morgan fingerprint density at radius 1 is 1.24 bits per heavy atom. The minimum absolute atomic E-state index is 0.00216. The third-order valence-electron chi connectivity index (χ3n) is 3.81. The van der Waals surface area contributed by atoms with Crippen molar-refractivity contribution in [2.75, 3.05) is 25.4 Å². The number of nitrogens with zero attached hydrogens (tertiary/aromatic N) is 1. The molecule has 1 fully saturated rings. The average Bonchev–Trinajstić information content (AvgIpc) is 2.42. The number of benzene rings is 1. The smallest absolute Gasteiger partial charge is 0.243 e. The van der Waals surface area contributed by atoms with Gasteiger partial charge >= 0.3 is 0 Å². The summed E-state index contributed by atoms with van der Waals surface area (Å²) in [7, 11) is -7.42. The number of carbonyl (C=O) groups is 1. The Morgan fingerprint density at radius 3 is 2.40 bits per heavy atom. The van der Waals surface area contributed by atoms with E-state index in [-0.39, 0.29) is 24.8 Å². The number of halogens is 1. The van der Waals surface area contributed by atoms with Crippen LogP contribution in [0.4, 0.5) is 4.39 Å². The lowest BCUT2D eigenvalue weighted by atomic mass is 10.2. The summed E-state index contributed by atoms with van der Waals surface area (Å²) in [5, 5.41) is -0.609. The molecule has 10 heteroatoms. The molecule has 0 bridgehead atoms. The van der Waals surface area contributed by atoms with Gasteiger partial charge in [-0.05, 0) is 18.1 Å². The highest BCUT2D eigenvalue weighted by Crippen LogP contribution is 2.19. The second kappa shape index (κ2) is 7.38. The van der Waals surface area contributed by atoms with Crippen LogP contribution < -0.4 is 4.72 Å². The molecule has 0 aliphatic carbocycles. The Kier molecular flexibility index (Phi) is 5.85. The van der Waals surface area contributed by atoms with E-state index in [0.717, 1.165) is 12.1 Å². The summed E-state index contributed by atoms with van der Waals surface area (Å²) in [6.07, 6.45) is 0. The minimum Gasteiger partial charge on any atom is -0.339 e. The molecule has 1 amide bonds. The van der Waals surface area contributed by atoms with Crippen molar-refractivity contribution in [1.82, 2.24) is 9.62 Å². The van der Waals surface area contributed by atoms with Crippen molar-refractivity contribution in [3.63, 3.8) is 0 Å². The summed E-state index contributed by atoms with van der Waals surface area (Å²) in [4.78, 5) is 12.7. The van der Waals surface area contributed by atoms with Crippen molar-refractivity contribution < 1.29 is 26.0 Å². The van der Waals surface area contributed by atoms with Crippen LogP contribution >= 0.6 is 0 Å². The number of sulfonamides is 1. The number of sulfone groups is 1. The van der Waals surface area contributed by atoms with Gasteiger partial charge < -0.3 is 4.90 Å². The fraction of sp³-hybridized carbons (Fsp3) is 0.533. The molecule has 1 aromatic carbocycles. The van der Waals surface area contributed by atoms with Gasteiger partial charge in [0.15, 0.2) is 9.84 Å². The van der Waals surface area contributed by atoms with Crippen LogP contribution in [-0.4, -0.2) is 58.3 Å². The van der Waals surface area contributed by atoms with Crippen molar-refractivity contribution in [2.24, 2.45) is 5.92 Å². The monoisotopic (exact) mass is 392 g/mol. The highest BCUT2D eigenvalue weighted by molar-refractivity contribution is 7.92. The predicted molar refractivity (Wildman–Crippen MR) is 90.6 cm³/mol. The van der Waals surface area contributed by atoms with Crippen LogP contribution in [-0.2, 0) is 24.7 Å². The molecular formula is C15H21FN2O5S2. The average molecular weight is 392 g/mol. The maximum Gasteiger partial charge on any atom is 0.243 e. The molecular weight excluding hydrogens is 371 g/mol. The van der Waals surface area contributed by atoms with E-state index in [2.05, 4.69) is 0 Å². The fourth-order valence-electron chi connectivity index (χ4n) is 2.48. The molecule has 0 atom stereocenters. The van der Waals surface area contributed by atoms with Crippen LogP contribution in [0.15, 0.2) is 29.2 Å². The Bertz CT molecular complexity index is 846. The first-order valence-electron chi connectivity index (χ1n) is 7.76. The number of likely N-dealkylation sites (tertiary alicyclic amines) is 1. The summed E-state index contributed by atoms with van der Waals surface area (Å²) in [5.41, 5.74) is 0. The molecule has 1 aromatic rings. The first kappa shape index (κ1) is 19.8. The fourth-order valence-corrected chi connectivity index (χ4v) is 5.55. The summed E-state index contributed by atoms with van der Waals surface area (Å²) < 4.78 is 63.7. The van der Waals surface area contributed by atoms with Crippen molar-refractivity contribution in [2.45, 2.75) is 24.0 Å². The van der Waals surface area contributed by atoms with Crippen LogP contribution in [0.2, 0.25) is 0 Å². The first-order chi connectivity index (χ1) is 11.5. The van der Waals surface area contributed by atoms with Crippen LogP contribution in [0, 0.1) is 11.7 Å². The Labute approximate surface area is 147 Å². The second-order valence-electron chi connectivity index (χ2n) is 6.40. The van der Waals surface area contributed by atoms with E-state index < -0.39 is 48.3 Å². The molecule has 0 aromatic heterocycles. The van der Waals surface area contributed by atoms with E-state index in [9.17, 15) is 26.0 Å². The lowest BCUT2D eigenvalue weighted by Gasteiger charge is -2.39. The third kappa shape index (κ3) is 4.77. The molecule has 0 unspecified atom stereocenters. The number of amides is 1. The normalized spacial score (nSPS) is 16.1. The molecule has 1 heterocycles. The van der Waals surface area contributed by atoms with E-state index in [1.807, 2.05) is 4.72 Å². The van der Waals surface area contributed by atoms with E-state index in [1.165, 1.54) is 17.0 Å². The predicted octanol–water partition coefficient (Wildman–Crippen LogP) is 0.386. The van der Waals surface area contributed by atoms with E-state index in [0.29, 0.717) is 0 Å². The van der Waals surface area contributed by atoms with Crippen LogP contribution in [0.3, 0.4) is 0 Å². The summed E-state index contributed by atoms with van der Waals surface area (Å²) in [5.74, 6) is -1.40. The first-order valence-corrected chi connectivity index (χ1v) is 11.0. The standard InChI is InChI=1S/C15H21FN2O5S2/c1-11(2)10-24(20,21)12-8-18(9-12)15(19)7-17-25(22,23)14-6-4-3-5-13(14)16/h3-6,11-12,17H,7-10H2,1-2H3. The topological polar surface area (TPSA) is 101 Å².